The predicted molar refractivity (Wildman–Crippen MR) is 131 cm³/mol. The summed E-state index contributed by atoms with van der Waals surface area (Å²) in [4.78, 5) is 36.9. The largest absolute Gasteiger partial charge is 0.449 e. The smallest absolute Gasteiger partial charge is 0.407 e. The SMILES string of the molecule is C[C@@H](CCCNC(=O)OCC1c2ccccc2-c2ccccc21)C(=O)CC1(C(N)=O)CCCC1. The minimum atomic E-state index is -0.648. The second-order valence-electron chi connectivity index (χ2n) is 9.79. The Morgan fingerprint density at radius 2 is 1.62 bits per heavy atom. The van der Waals surface area contributed by atoms with Crippen LogP contribution in [-0.4, -0.2) is 30.9 Å². The summed E-state index contributed by atoms with van der Waals surface area (Å²) in [5, 5.41) is 2.80. The molecule has 180 valence electrons. The number of ketones is 1. The van der Waals surface area contributed by atoms with Crippen molar-refractivity contribution >= 4 is 17.8 Å². The van der Waals surface area contributed by atoms with E-state index in [0.29, 0.717) is 32.2 Å². The number of rotatable bonds is 10. The van der Waals surface area contributed by atoms with Crippen LogP contribution in [0.3, 0.4) is 0 Å². The lowest BCUT2D eigenvalue weighted by molar-refractivity contribution is -0.134. The molecule has 2 aromatic carbocycles. The van der Waals surface area contributed by atoms with E-state index in [0.717, 1.165) is 12.8 Å². The summed E-state index contributed by atoms with van der Waals surface area (Å²) in [6.45, 7) is 2.61. The van der Waals surface area contributed by atoms with Gasteiger partial charge in [0.2, 0.25) is 5.91 Å². The van der Waals surface area contributed by atoms with E-state index in [-0.39, 0.29) is 36.6 Å². The normalized spacial score (nSPS) is 17.0. The fourth-order valence-electron chi connectivity index (χ4n) is 5.48. The molecule has 4 rings (SSSR count). The van der Waals surface area contributed by atoms with Crippen molar-refractivity contribution in [2.45, 2.75) is 57.8 Å². The monoisotopic (exact) mass is 462 g/mol. The van der Waals surface area contributed by atoms with Gasteiger partial charge in [-0.1, -0.05) is 68.3 Å². The molecule has 2 aliphatic carbocycles. The van der Waals surface area contributed by atoms with E-state index >= 15 is 0 Å². The van der Waals surface area contributed by atoms with Crippen molar-refractivity contribution in [2.75, 3.05) is 13.2 Å². The molecular formula is C28H34N2O4. The standard InChI is InChI=1S/C28H34N2O4/c1-19(25(31)17-28(26(29)32)14-6-7-15-28)9-8-16-30-27(33)34-18-24-22-12-4-2-10-20(22)21-11-3-5-13-23(21)24/h2-5,10-13,19,24H,6-9,14-18H2,1H3,(H2,29,32)(H,30,33)/t19-/m0/s1. The summed E-state index contributed by atoms with van der Waals surface area (Å²) in [6, 6.07) is 16.5. The van der Waals surface area contributed by atoms with Crippen molar-refractivity contribution in [1.82, 2.24) is 5.32 Å². The Bertz CT molecular complexity index is 1010. The highest BCUT2D eigenvalue weighted by molar-refractivity contribution is 5.90. The maximum atomic E-state index is 12.7. The number of benzene rings is 2. The number of nitrogens with one attached hydrogen (secondary N) is 1. The van der Waals surface area contributed by atoms with Gasteiger partial charge >= 0.3 is 6.09 Å². The Kier molecular flexibility index (Phi) is 7.35. The number of carbonyl (C=O) groups excluding carboxylic acids is 3. The summed E-state index contributed by atoms with van der Waals surface area (Å²) in [7, 11) is 0. The fourth-order valence-corrected chi connectivity index (χ4v) is 5.48. The molecule has 0 aromatic heterocycles. The topological polar surface area (TPSA) is 98.5 Å². The zero-order valence-electron chi connectivity index (χ0n) is 19.8. The van der Waals surface area contributed by atoms with E-state index in [1.165, 1.54) is 22.3 Å². The summed E-state index contributed by atoms with van der Waals surface area (Å²) in [6.07, 6.45) is 4.44. The maximum Gasteiger partial charge on any atom is 0.407 e. The van der Waals surface area contributed by atoms with Crippen LogP contribution in [0.4, 0.5) is 4.79 Å². The van der Waals surface area contributed by atoms with Gasteiger partial charge in [-0.3, -0.25) is 9.59 Å². The minimum absolute atomic E-state index is 0.0314. The number of nitrogens with two attached hydrogens (primary N) is 1. The van der Waals surface area contributed by atoms with Crippen LogP contribution in [0.1, 0.15) is 68.9 Å². The van der Waals surface area contributed by atoms with Gasteiger partial charge in [-0.25, -0.2) is 4.79 Å². The van der Waals surface area contributed by atoms with Crippen molar-refractivity contribution in [2.24, 2.45) is 17.1 Å². The van der Waals surface area contributed by atoms with Crippen molar-refractivity contribution in [3.63, 3.8) is 0 Å². The number of hydrogen-bond acceptors (Lipinski definition) is 4. The van der Waals surface area contributed by atoms with Crippen molar-refractivity contribution < 1.29 is 19.1 Å². The molecule has 0 bridgehead atoms. The van der Waals surface area contributed by atoms with Crippen molar-refractivity contribution in [3.05, 3.63) is 59.7 Å². The van der Waals surface area contributed by atoms with Crippen LogP contribution in [0.15, 0.2) is 48.5 Å². The molecule has 2 aromatic rings. The first-order valence-corrected chi connectivity index (χ1v) is 12.3. The zero-order chi connectivity index (χ0) is 24.1. The molecule has 0 heterocycles. The van der Waals surface area contributed by atoms with Crippen LogP contribution >= 0.6 is 0 Å². The van der Waals surface area contributed by atoms with E-state index < -0.39 is 11.5 Å². The van der Waals surface area contributed by atoms with Crippen LogP contribution in [0, 0.1) is 11.3 Å². The van der Waals surface area contributed by atoms with Gasteiger partial charge in [0.1, 0.15) is 12.4 Å². The molecular weight excluding hydrogens is 428 g/mol. The Morgan fingerprint density at radius 3 is 2.21 bits per heavy atom. The van der Waals surface area contributed by atoms with Crippen LogP contribution in [0.2, 0.25) is 0 Å². The van der Waals surface area contributed by atoms with E-state index in [2.05, 4.69) is 29.6 Å². The first-order chi connectivity index (χ1) is 16.4. The van der Waals surface area contributed by atoms with Gasteiger partial charge in [0.15, 0.2) is 0 Å². The third-order valence-corrected chi connectivity index (χ3v) is 7.57. The molecule has 34 heavy (non-hydrogen) atoms. The van der Waals surface area contributed by atoms with Crippen molar-refractivity contribution in [1.29, 1.82) is 0 Å². The van der Waals surface area contributed by atoms with Gasteiger partial charge in [0.25, 0.3) is 0 Å². The number of hydrogen-bond donors (Lipinski definition) is 2. The number of carbonyl (C=O) groups is 3. The van der Waals surface area contributed by atoms with Crippen LogP contribution in [0.5, 0.6) is 0 Å². The van der Waals surface area contributed by atoms with Crippen LogP contribution in [0.25, 0.3) is 11.1 Å². The summed E-state index contributed by atoms with van der Waals surface area (Å²) in [5.74, 6) is -0.394. The Morgan fingerprint density at radius 1 is 1.03 bits per heavy atom. The van der Waals surface area contributed by atoms with Gasteiger partial charge in [-0.15, -0.1) is 0 Å². The van der Waals surface area contributed by atoms with E-state index in [1.54, 1.807) is 0 Å². The molecule has 0 aliphatic heterocycles. The van der Waals surface area contributed by atoms with Crippen LogP contribution in [-0.2, 0) is 14.3 Å². The van der Waals surface area contributed by atoms with Gasteiger partial charge in [0, 0.05) is 24.8 Å². The Labute approximate surface area is 201 Å². The fraction of sp³-hybridized carbons (Fsp3) is 0.464. The highest BCUT2D eigenvalue weighted by Gasteiger charge is 2.41. The number of alkyl carbamates (subject to hydrolysis) is 1. The number of ether oxygens (including phenoxy) is 1. The zero-order valence-corrected chi connectivity index (χ0v) is 19.8. The lowest BCUT2D eigenvalue weighted by Gasteiger charge is -2.25. The molecule has 6 heteroatoms. The minimum Gasteiger partial charge on any atom is -0.449 e. The molecule has 0 radical (unpaired) electrons. The molecule has 2 amide bonds. The molecule has 0 saturated heterocycles. The molecule has 1 atom stereocenters. The van der Waals surface area contributed by atoms with Gasteiger partial charge < -0.3 is 15.8 Å². The number of fused-ring (bicyclic) bond motifs is 3. The Hall–Kier alpha value is -3.15. The predicted octanol–water partition coefficient (Wildman–Crippen LogP) is 4.95. The van der Waals surface area contributed by atoms with Crippen LogP contribution < -0.4 is 11.1 Å². The molecule has 6 nitrogen and oxygen atoms in total. The van der Waals surface area contributed by atoms with Gasteiger partial charge in [-0.05, 0) is 47.9 Å². The second-order valence-corrected chi connectivity index (χ2v) is 9.79. The number of primary amides is 1. The van der Waals surface area contributed by atoms with E-state index in [1.807, 2.05) is 31.2 Å². The summed E-state index contributed by atoms with van der Waals surface area (Å²) in [5.41, 5.74) is 9.71. The lowest BCUT2D eigenvalue weighted by atomic mass is 9.78. The first-order valence-electron chi connectivity index (χ1n) is 12.3. The van der Waals surface area contributed by atoms with Crippen molar-refractivity contribution in [3.8, 4) is 11.1 Å². The molecule has 0 spiro atoms. The Balaban J connectivity index is 1.20. The molecule has 1 saturated carbocycles. The summed E-state index contributed by atoms with van der Waals surface area (Å²) >= 11 is 0. The molecule has 2 aliphatic rings. The average Bonchev–Trinajstić information content (AvgIpc) is 3.44. The highest BCUT2D eigenvalue weighted by Crippen LogP contribution is 2.44. The number of amides is 2. The second kappa shape index (κ2) is 10.4. The molecule has 0 unspecified atom stereocenters. The van der Waals surface area contributed by atoms with E-state index in [9.17, 15) is 14.4 Å². The van der Waals surface area contributed by atoms with Gasteiger partial charge in [-0.2, -0.15) is 0 Å². The number of Topliss-reactive ketones (excluding diaryl/α,β-unsaturated/α-hetero) is 1. The summed E-state index contributed by atoms with van der Waals surface area (Å²) < 4.78 is 5.55. The molecule has 3 N–H and O–H groups in total. The lowest BCUT2D eigenvalue weighted by Crippen LogP contribution is -2.37. The maximum absolute atomic E-state index is 12.7. The molecule has 1 fully saturated rings. The quantitative estimate of drug-likeness (QED) is 0.488. The highest BCUT2D eigenvalue weighted by atomic mass is 16.5. The average molecular weight is 463 g/mol. The van der Waals surface area contributed by atoms with Gasteiger partial charge in [0.05, 0.1) is 5.41 Å². The third-order valence-electron chi connectivity index (χ3n) is 7.57. The third kappa shape index (κ3) is 5.01. The van der Waals surface area contributed by atoms with E-state index in [4.69, 9.17) is 10.5 Å². The first kappa shape index (κ1) is 24.0.